The van der Waals surface area contributed by atoms with Crippen molar-refractivity contribution in [2.24, 2.45) is 7.05 Å². The van der Waals surface area contributed by atoms with Crippen molar-refractivity contribution in [1.29, 1.82) is 0 Å². The van der Waals surface area contributed by atoms with Gasteiger partial charge in [0.25, 0.3) is 11.8 Å². The molecule has 0 spiro atoms. The summed E-state index contributed by atoms with van der Waals surface area (Å²) in [5, 5.41) is 11.1. The van der Waals surface area contributed by atoms with Crippen molar-refractivity contribution in [3.05, 3.63) is 54.1 Å². The van der Waals surface area contributed by atoms with Crippen molar-refractivity contribution in [1.82, 2.24) is 29.4 Å². The number of rotatable bonds is 4. The SMILES string of the molecule is Cn1ncc(C(=O)N2CCC2)c1C(=O)Nc1ccnn1-c1ccccn1. The van der Waals surface area contributed by atoms with Gasteiger partial charge >= 0.3 is 0 Å². The van der Waals surface area contributed by atoms with Crippen LogP contribution in [0.4, 0.5) is 5.82 Å². The minimum atomic E-state index is -0.424. The number of aromatic nitrogens is 5. The number of hydrogen-bond donors (Lipinski definition) is 1. The van der Waals surface area contributed by atoms with E-state index in [-0.39, 0.29) is 11.6 Å². The highest BCUT2D eigenvalue weighted by molar-refractivity contribution is 6.10. The standard InChI is InChI=1S/C17H17N7O2/c1-22-15(12(11-20-22)17(26)23-9-4-10-23)16(25)21-14-6-8-19-24(14)13-5-2-3-7-18-13/h2-3,5-8,11H,4,9-10H2,1H3,(H,21,25). The average molecular weight is 351 g/mol. The van der Waals surface area contributed by atoms with Crippen LogP contribution < -0.4 is 5.32 Å². The van der Waals surface area contributed by atoms with E-state index < -0.39 is 5.91 Å². The molecule has 0 atom stereocenters. The fourth-order valence-electron chi connectivity index (χ4n) is 2.79. The van der Waals surface area contributed by atoms with Gasteiger partial charge < -0.3 is 10.2 Å². The third kappa shape index (κ3) is 2.73. The highest BCUT2D eigenvalue weighted by Crippen LogP contribution is 2.18. The molecule has 9 nitrogen and oxygen atoms in total. The maximum Gasteiger partial charge on any atom is 0.275 e. The van der Waals surface area contributed by atoms with Crippen LogP contribution in [0.2, 0.25) is 0 Å². The Morgan fingerprint density at radius 3 is 2.65 bits per heavy atom. The summed E-state index contributed by atoms with van der Waals surface area (Å²) in [4.78, 5) is 31.3. The van der Waals surface area contributed by atoms with Gasteiger partial charge in [-0.05, 0) is 18.6 Å². The van der Waals surface area contributed by atoms with Gasteiger partial charge in [-0.15, -0.1) is 0 Å². The van der Waals surface area contributed by atoms with Crippen LogP contribution in [0.25, 0.3) is 5.82 Å². The average Bonchev–Trinajstić information content (AvgIpc) is 3.20. The van der Waals surface area contributed by atoms with E-state index in [4.69, 9.17) is 0 Å². The predicted octanol–water partition coefficient (Wildman–Crippen LogP) is 1.10. The fourth-order valence-corrected chi connectivity index (χ4v) is 2.79. The van der Waals surface area contributed by atoms with Gasteiger partial charge in [0.15, 0.2) is 5.82 Å². The van der Waals surface area contributed by atoms with Crippen LogP contribution in [0.5, 0.6) is 0 Å². The van der Waals surface area contributed by atoms with Crippen LogP contribution in [-0.2, 0) is 7.05 Å². The van der Waals surface area contributed by atoms with Gasteiger partial charge in [0.05, 0.1) is 18.0 Å². The molecule has 0 saturated carbocycles. The second-order valence-electron chi connectivity index (χ2n) is 5.95. The van der Waals surface area contributed by atoms with Crippen LogP contribution in [0.1, 0.15) is 27.3 Å². The number of aryl methyl sites for hydroxylation is 1. The molecule has 3 aromatic rings. The first-order valence-corrected chi connectivity index (χ1v) is 8.23. The summed E-state index contributed by atoms with van der Waals surface area (Å²) in [6, 6.07) is 7.08. The van der Waals surface area contributed by atoms with E-state index in [2.05, 4.69) is 20.5 Å². The first kappa shape index (κ1) is 16.0. The Labute approximate surface area is 149 Å². The van der Waals surface area contributed by atoms with Gasteiger partial charge in [-0.25, -0.2) is 4.98 Å². The molecule has 1 saturated heterocycles. The molecule has 1 aliphatic rings. The lowest BCUT2D eigenvalue weighted by Crippen LogP contribution is -2.42. The third-order valence-electron chi connectivity index (χ3n) is 4.28. The number of hydrogen-bond acceptors (Lipinski definition) is 5. The first-order valence-electron chi connectivity index (χ1n) is 8.23. The molecule has 0 radical (unpaired) electrons. The Hall–Kier alpha value is -3.49. The molecule has 1 N–H and O–H groups in total. The molecular formula is C17H17N7O2. The molecular weight excluding hydrogens is 334 g/mol. The van der Waals surface area contributed by atoms with Gasteiger partial charge in [0, 0.05) is 32.4 Å². The number of amides is 2. The molecule has 4 heterocycles. The molecule has 3 aromatic heterocycles. The lowest BCUT2D eigenvalue weighted by molar-refractivity contribution is 0.0648. The number of pyridine rings is 1. The molecule has 1 fully saturated rings. The van der Waals surface area contributed by atoms with Crippen molar-refractivity contribution in [2.45, 2.75) is 6.42 Å². The Bertz CT molecular complexity index is 957. The molecule has 0 aromatic carbocycles. The summed E-state index contributed by atoms with van der Waals surface area (Å²) in [6.07, 6.45) is 5.63. The number of anilines is 1. The number of nitrogens with one attached hydrogen (secondary N) is 1. The molecule has 0 aliphatic carbocycles. The van der Waals surface area contributed by atoms with E-state index in [1.54, 1.807) is 42.5 Å². The summed E-state index contributed by atoms with van der Waals surface area (Å²) in [7, 11) is 1.64. The van der Waals surface area contributed by atoms with E-state index in [1.165, 1.54) is 15.6 Å². The van der Waals surface area contributed by atoms with Gasteiger partial charge in [-0.2, -0.15) is 14.9 Å². The van der Waals surface area contributed by atoms with Crippen LogP contribution >= 0.6 is 0 Å². The smallest absolute Gasteiger partial charge is 0.275 e. The highest BCUT2D eigenvalue weighted by atomic mass is 16.2. The summed E-state index contributed by atoms with van der Waals surface area (Å²) in [6.45, 7) is 1.42. The van der Waals surface area contributed by atoms with Gasteiger partial charge in [-0.3, -0.25) is 14.3 Å². The van der Waals surface area contributed by atoms with E-state index >= 15 is 0 Å². The highest BCUT2D eigenvalue weighted by Gasteiger charge is 2.29. The summed E-state index contributed by atoms with van der Waals surface area (Å²) in [5.74, 6) is 0.436. The number of nitrogens with zero attached hydrogens (tertiary/aromatic N) is 6. The van der Waals surface area contributed by atoms with Crippen molar-refractivity contribution in [3.63, 3.8) is 0 Å². The number of likely N-dealkylation sites (tertiary alicyclic amines) is 1. The Morgan fingerprint density at radius 1 is 1.12 bits per heavy atom. The first-order chi connectivity index (χ1) is 12.6. The maximum absolute atomic E-state index is 12.8. The monoisotopic (exact) mass is 351 g/mol. The molecule has 0 bridgehead atoms. The van der Waals surface area contributed by atoms with Crippen molar-refractivity contribution in [2.75, 3.05) is 18.4 Å². The van der Waals surface area contributed by atoms with Crippen molar-refractivity contribution >= 4 is 17.6 Å². The molecule has 4 rings (SSSR count). The van der Waals surface area contributed by atoms with E-state index in [0.29, 0.717) is 30.3 Å². The molecule has 2 amide bonds. The second-order valence-corrected chi connectivity index (χ2v) is 5.95. The minimum Gasteiger partial charge on any atom is -0.338 e. The lowest BCUT2D eigenvalue weighted by Gasteiger charge is -2.30. The van der Waals surface area contributed by atoms with Crippen LogP contribution in [-0.4, -0.2) is 54.3 Å². The summed E-state index contributed by atoms with van der Waals surface area (Å²) >= 11 is 0. The zero-order valence-electron chi connectivity index (χ0n) is 14.2. The van der Waals surface area contributed by atoms with Crippen molar-refractivity contribution in [3.8, 4) is 5.82 Å². The van der Waals surface area contributed by atoms with Crippen LogP contribution in [0, 0.1) is 0 Å². The largest absolute Gasteiger partial charge is 0.338 e. The molecule has 26 heavy (non-hydrogen) atoms. The summed E-state index contributed by atoms with van der Waals surface area (Å²) in [5.41, 5.74) is 0.518. The van der Waals surface area contributed by atoms with Crippen LogP contribution in [0.15, 0.2) is 42.9 Å². The Morgan fingerprint density at radius 2 is 1.96 bits per heavy atom. The zero-order valence-corrected chi connectivity index (χ0v) is 14.2. The van der Waals surface area contributed by atoms with Gasteiger partial charge in [0.1, 0.15) is 11.5 Å². The molecule has 132 valence electrons. The van der Waals surface area contributed by atoms with Crippen molar-refractivity contribution < 1.29 is 9.59 Å². The summed E-state index contributed by atoms with van der Waals surface area (Å²) < 4.78 is 2.93. The normalized spacial score (nSPS) is 13.3. The Kier molecular flexibility index (Phi) is 3.96. The Balaban J connectivity index is 1.62. The molecule has 9 heteroatoms. The topological polar surface area (TPSA) is 97.9 Å². The minimum absolute atomic E-state index is 0.173. The second kappa shape index (κ2) is 6.43. The zero-order chi connectivity index (χ0) is 18.1. The molecule has 0 unspecified atom stereocenters. The lowest BCUT2D eigenvalue weighted by atomic mass is 10.1. The van der Waals surface area contributed by atoms with Crippen LogP contribution in [0.3, 0.4) is 0 Å². The molecule has 1 aliphatic heterocycles. The third-order valence-corrected chi connectivity index (χ3v) is 4.28. The van der Waals surface area contributed by atoms with Gasteiger partial charge in [0.2, 0.25) is 0 Å². The fraction of sp³-hybridized carbons (Fsp3) is 0.235. The quantitative estimate of drug-likeness (QED) is 0.759. The maximum atomic E-state index is 12.8. The number of carbonyl (C=O) groups excluding carboxylic acids is 2. The number of carbonyl (C=O) groups is 2. The van der Waals surface area contributed by atoms with E-state index in [0.717, 1.165) is 6.42 Å². The van der Waals surface area contributed by atoms with Gasteiger partial charge in [-0.1, -0.05) is 6.07 Å². The predicted molar refractivity (Wildman–Crippen MR) is 93.0 cm³/mol. The van der Waals surface area contributed by atoms with E-state index in [9.17, 15) is 9.59 Å². The van der Waals surface area contributed by atoms with E-state index in [1.807, 2.05) is 6.07 Å².